The summed E-state index contributed by atoms with van der Waals surface area (Å²) < 4.78 is 0. The summed E-state index contributed by atoms with van der Waals surface area (Å²) in [6.45, 7) is 0. The van der Waals surface area contributed by atoms with Crippen LogP contribution in [-0.2, 0) is 0 Å². The van der Waals surface area contributed by atoms with Crippen LogP contribution in [0.5, 0.6) is 0 Å². The number of benzene rings is 1. The number of carbonyl (C=O) groups is 1. The lowest BCUT2D eigenvalue weighted by Crippen LogP contribution is -2.12. The zero-order valence-electron chi connectivity index (χ0n) is 9.52. The molecule has 94 valence electrons. The molecule has 0 aliphatic rings. The van der Waals surface area contributed by atoms with Crippen molar-refractivity contribution in [3.8, 4) is 6.07 Å². The molecule has 2 rings (SSSR count). The number of hydrogen-bond acceptors (Lipinski definition) is 3. The van der Waals surface area contributed by atoms with Crippen molar-refractivity contribution in [2.24, 2.45) is 0 Å². The van der Waals surface area contributed by atoms with Crippen LogP contribution in [0.2, 0.25) is 10.2 Å². The number of aromatic nitrogens is 1. The van der Waals surface area contributed by atoms with E-state index in [0.717, 1.165) is 0 Å². The van der Waals surface area contributed by atoms with Crippen molar-refractivity contribution in [1.29, 1.82) is 5.26 Å². The van der Waals surface area contributed by atoms with Gasteiger partial charge in [0.05, 0.1) is 10.6 Å². The number of halogens is 2. The van der Waals surface area contributed by atoms with Gasteiger partial charge in [-0.3, -0.25) is 4.79 Å². The van der Waals surface area contributed by atoms with Crippen LogP contribution >= 0.6 is 23.2 Å². The number of rotatable bonds is 2. The second-order valence-corrected chi connectivity index (χ2v) is 4.42. The molecule has 0 spiro atoms. The van der Waals surface area contributed by atoms with Gasteiger partial charge in [0.25, 0.3) is 5.91 Å². The van der Waals surface area contributed by atoms with Crippen molar-refractivity contribution in [3.05, 3.63) is 57.8 Å². The minimum absolute atomic E-state index is 0.237. The third-order valence-electron chi connectivity index (χ3n) is 2.33. The lowest BCUT2D eigenvalue weighted by atomic mass is 10.2. The molecule has 0 bridgehead atoms. The summed E-state index contributed by atoms with van der Waals surface area (Å²) in [5.74, 6) is -0.337. The second kappa shape index (κ2) is 5.70. The van der Waals surface area contributed by atoms with Crippen molar-refractivity contribution < 1.29 is 4.79 Å². The van der Waals surface area contributed by atoms with Gasteiger partial charge in [-0.15, -0.1) is 0 Å². The highest BCUT2D eigenvalue weighted by molar-refractivity contribution is 6.32. The second-order valence-electron chi connectivity index (χ2n) is 3.63. The maximum atomic E-state index is 11.9. The molecule has 0 saturated carbocycles. The topological polar surface area (TPSA) is 65.8 Å². The number of nitrogens with one attached hydrogen (secondary N) is 1. The van der Waals surface area contributed by atoms with E-state index in [1.807, 2.05) is 6.07 Å². The number of hydrogen-bond donors (Lipinski definition) is 1. The fourth-order valence-corrected chi connectivity index (χ4v) is 1.77. The Kier molecular flexibility index (Phi) is 4.00. The summed E-state index contributed by atoms with van der Waals surface area (Å²) in [5.41, 5.74) is 1.17. The van der Waals surface area contributed by atoms with Crippen LogP contribution in [0.1, 0.15) is 15.9 Å². The molecule has 1 aromatic carbocycles. The average Bonchev–Trinajstić information content (AvgIpc) is 2.41. The van der Waals surface area contributed by atoms with E-state index in [2.05, 4.69) is 10.3 Å². The van der Waals surface area contributed by atoms with Crippen LogP contribution in [0, 0.1) is 11.3 Å². The van der Waals surface area contributed by atoms with Gasteiger partial charge in [0.2, 0.25) is 0 Å². The molecule has 0 radical (unpaired) electrons. The van der Waals surface area contributed by atoms with Gasteiger partial charge in [-0.25, -0.2) is 4.98 Å². The standard InChI is InChI=1S/C13H7Cl2N3O/c14-11-2-1-10(5-9(11)7-16)18-13(19)8-3-4-17-12(15)6-8/h1-6H,(H,18,19). The molecule has 1 amide bonds. The van der Waals surface area contributed by atoms with Gasteiger partial charge in [0.15, 0.2) is 0 Å². The number of nitriles is 1. The molecule has 1 aromatic heterocycles. The predicted molar refractivity (Wildman–Crippen MR) is 73.4 cm³/mol. The van der Waals surface area contributed by atoms with E-state index in [1.165, 1.54) is 18.3 Å². The van der Waals surface area contributed by atoms with Gasteiger partial charge in [-0.1, -0.05) is 23.2 Å². The maximum Gasteiger partial charge on any atom is 0.255 e. The van der Waals surface area contributed by atoms with E-state index in [9.17, 15) is 4.79 Å². The first-order valence-corrected chi connectivity index (χ1v) is 5.98. The Morgan fingerprint density at radius 2 is 2.05 bits per heavy atom. The lowest BCUT2D eigenvalue weighted by Gasteiger charge is -2.06. The summed E-state index contributed by atoms with van der Waals surface area (Å²) in [6, 6.07) is 9.61. The fourth-order valence-electron chi connectivity index (χ4n) is 1.44. The Bertz CT molecular complexity index is 680. The molecule has 0 aliphatic carbocycles. The molecule has 0 unspecified atom stereocenters. The Labute approximate surface area is 119 Å². The molecule has 19 heavy (non-hydrogen) atoms. The van der Waals surface area contributed by atoms with Gasteiger partial charge in [-0.05, 0) is 30.3 Å². The normalized spacial score (nSPS) is 9.74. The first kappa shape index (κ1) is 13.3. The van der Waals surface area contributed by atoms with Gasteiger partial charge < -0.3 is 5.32 Å². The van der Waals surface area contributed by atoms with Crippen molar-refractivity contribution in [2.75, 3.05) is 5.32 Å². The molecule has 2 aromatic rings. The minimum atomic E-state index is -0.337. The van der Waals surface area contributed by atoms with E-state index < -0.39 is 0 Å². The van der Waals surface area contributed by atoms with Crippen molar-refractivity contribution in [3.63, 3.8) is 0 Å². The highest BCUT2D eigenvalue weighted by atomic mass is 35.5. The van der Waals surface area contributed by atoms with Gasteiger partial charge >= 0.3 is 0 Å². The summed E-state index contributed by atoms with van der Waals surface area (Å²) in [5, 5.41) is 12.1. The largest absolute Gasteiger partial charge is 0.322 e. The van der Waals surface area contributed by atoms with Gasteiger partial charge in [0.1, 0.15) is 11.2 Å². The highest BCUT2D eigenvalue weighted by Crippen LogP contribution is 2.20. The van der Waals surface area contributed by atoms with Crippen LogP contribution in [0.15, 0.2) is 36.5 Å². The summed E-state index contributed by atoms with van der Waals surface area (Å²) in [4.78, 5) is 15.7. The van der Waals surface area contributed by atoms with E-state index in [4.69, 9.17) is 28.5 Å². The molecule has 0 saturated heterocycles. The number of carbonyl (C=O) groups excluding carboxylic acids is 1. The van der Waals surface area contributed by atoms with Crippen LogP contribution < -0.4 is 5.32 Å². The number of amides is 1. The Balaban J connectivity index is 2.22. The molecule has 1 heterocycles. The Morgan fingerprint density at radius 3 is 2.74 bits per heavy atom. The van der Waals surface area contributed by atoms with E-state index in [1.54, 1.807) is 18.2 Å². The first-order valence-electron chi connectivity index (χ1n) is 5.22. The smallest absolute Gasteiger partial charge is 0.255 e. The average molecular weight is 292 g/mol. The van der Waals surface area contributed by atoms with Crippen LogP contribution in [0.25, 0.3) is 0 Å². The zero-order chi connectivity index (χ0) is 13.8. The lowest BCUT2D eigenvalue weighted by molar-refractivity contribution is 0.102. The first-order chi connectivity index (χ1) is 9.10. The molecule has 0 atom stereocenters. The molecule has 0 aliphatic heterocycles. The SMILES string of the molecule is N#Cc1cc(NC(=O)c2ccnc(Cl)c2)ccc1Cl. The van der Waals surface area contributed by atoms with Gasteiger partial charge in [0, 0.05) is 17.4 Å². The van der Waals surface area contributed by atoms with E-state index >= 15 is 0 Å². The summed E-state index contributed by atoms with van der Waals surface area (Å²) in [7, 11) is 0. The van der Waals surface area contributed by atoms with E-state index in [0.29, 0.717) is 21.8 Å². The molecule has 6 heteroatoms. The van der Waals surface area contributed by atoms with E-state index in [-0.39, 0.29) is 11.1 Å². The summed E-state index contributed by atoms with van der Waals surface area (Å²) in [6.07, 6.45) is 1.44. The van der Waals surface area contributed by atoms with Gasteiger partial charge in [-0.2, -0.15) is 5.26 Å². The quantitative estimate of drug-likeness (QED) is 0.861. The predicted octanol–water partition coefficient (Wildman–Crippen LogP) is 3.51. The third kappa shape index (κ3) is 3.22. The zero-order valence-corrected chi connectivity index (χ0v) is 11.0. The highest BCUT2D eigenvalue weighted by Gasteiger charge is 2.08. The Morgan fingerprint density at radius 1 is 1.26 bits per heavy atom. The number of anilines is 1. The number of pyridine rings is 1. The van der Waals surface area contributed by atoms with Crippen LogP contribution in [0.3, 0.4) is 0 Å². The minimum Gasteiger partial charge on any atom is -0.322 e. The third-order valence-corrected chi connectivity index (χ3v) is 2.87. The Hall–Kier alpha value is -2.09. The molecular weight excluding hydrogens is 285 g/mol. The maximum absolute atomic E-state index is 11.9. The van der Waals surface area contributed by atoms with Crippen LogP contribution in [-0.4, -0.2) is 10.9 Å². The monoisotopic (exact) mass is 291 g/mol. The molecule has 4 nitrogen and oxygen atoms in total. The number of nitrogens with zero attached hydrogens (tertiary/aromatic N) is 2. The summed E-state index contributed by atoms with van der Waals surface area (Å²) >= 11 is 11.5. The van der Waals surface area contributed by atoms with Crippen molar-refractivity contribution >= 4 is 34.8 Å². The molecule has 0 fully saturated rings. The fraction of sp³-hybridized carbons (Fsp3) is 0. The molecular formula is C13H7Cl2N3O. The van der Waals surface area contributed by atoms with Crippen molar-refractivity contribution in [1.82, 2.24) is 4.98 Å². The van der Waals surface area contributed by atoms with Crippen molar-refractivity contribution in [2.45, 2.75) is 0 Å². The van der Waals surface area contributed by atoms with Crippen LogP contribution in [0.4, 0.5) is 5.69 Å². The molecule has 1 N–H and O–H groups in total.